The van der Waals surface area contributed by atoms with Gasteiger partial charge in [-0.05, 0) is 39.0 Å². The molecule has 1 unspecified atom stereocenters. The van der Waals surface area contributed by atoms with Crippen LogP contribution in [0.25, 0.3) is 0 Å². The molecule has 0 aromatic heterocycles. The fraction of sp³-hybridized carbons (Fsp3) is 0.867. The first-order chi connectivity index (χ1) is 9.97. The first-order valence-corrected chi connectivity index (χ1v) is 7.88. The molecule has 0 heterocycles. The predicted octanol–water partition coefficient (Wildman–Crippen LogP) is 1.82. The van der Waals surface area contributed by atoms with Crippen LogP contribution in [0.3, 0.4) is 0 Å². The fourth-order valence-corrected chi connectivity index (χ4v) is 2.90. The quantitative estimate of drug-likeness (QED) is 0.669. The number of carbonyl (C=O) groups excluding carboxylic acids is 1. The molecule has 1 rings (SSSR count). The molecule has 0 aliphatic heterocycles. The van der Waals surface area contributed by atoms with Gasteiger partial charge in [-0.25, -0.2) is 9.59 Å². The molecule has 1 saturated carbocycles. The van der Waals surface area contributed by atoms with Crippen molar-refractivity contribution in [2.45, 2.75) is 64.5 Å². The summed E-state index contributed by atoms with van der Waals surface area (Å²) >= 11 is 0. The van der Waals surface area contributed by atoms with Gasteiger partial charge in [-0.2, -0.15) is 0 Å². The van der Waals surface area contributed by atoms with E-state index >= 15 is 0 Å². The normalized spacial score (nSPS) is 17.5. The van der Waals surface area contributed by atoms with E-state index in [1.165, 1.54) is 0 Å². The van der Waals surface area contributed by atoms with Crippen molar-refractivity contribution in [2.24, 2.45) is 5.92 Å². The number of aliphatic hydroxyl groups excluding tert-OH is 1. The Kier molecular flexibility index (Phi) is 7.50. The number of nitrogens with one attached hydrogen (secondary N) is 1. The fourth-order valence-electron chi connectivity index (χ4n) is 2.90. The summed E-state index contributed by atoms with van der Waals surface area (Å²) in [6.45, 7) is 4.21. The van der Waals surface area contributed by atoms with Gasteiger partial charge in [0.2, 0.25) is 0 Å². The molecule has 6 heteroatoms. The molecule has 0 aromatic rings. The smallest absolute Gasteiger partial charge is 0.326 e. The SMILES string of the molecule is CC(C)N(CCCO)C(=O)NC(C(=O)O)C1CCCCC1. The largest absolute Gasteiger partial charge is 0.480 e. The van der Waals surface area contributed by atoms with Crippen LogP contribution in [0.4, 0.5) is 4.79 Å². The van der Waals surface area contributed by atoms with Crippen LogP contribution in [-0.2, 0) is 4.79 Å². The molecule has 6 nitrogen and oxygen atoms in total. The number of hydrogen-bond donors (Lipinski definition) is 3. The number of carboxylic acids is 1. The van der Waals surface area contributed by atoms with E-state index in [4.69, 9.17) is 5.11 Å². The van der Waals surface area contributed by atoms with Crippen molar-refractivity contribution < 1.29 is 19.8 Å². The molecule has 1 atom stereocenters. The Hall–Kier alpha value is -1.30. The number of aliphatic carboxylic acids is 1. The van der Waals surface area contributed by atoms with E-state index in [-0.39, 0.29) is 24.6 Å². The Morgan fingerprint density at radius 3 is 2.33 bits per heavy atom. The van der Waals surface area contributed by atoms with Crippen LogP contribution in [0.15, 0.2) is 0 Å². The molecule has 0 aromatic carbocycles. The predicted molar refractivity (Wildman–Crippen MR) is 80.1 cm³/mol. The van der Waals surface area contributed by atoms with Crippen LogP contribution in [0.1, 0.15) is 52.4 Å². The summed E-state index contributed by atoms with van der Waals surface area (Å²) in [6, 6.07) is -1.19. The van der Waals surface area contributed by atoms with Crippen molar-refractivity contribution in [1.29, 1.82) is 0 Å². The number of urea groups is 1. The molecule has 2 amide bonds. The minimum Gasteiger partial charge on any atom is -0.480 e. The van der Waals surface area contributed by atoms with Crippen LogP contribution in [0, 0.1) is 5.92 Å². The van der Waals surface area contributed by atoms with Crippen LogP contribution in [0.2, 0.25) is 0 Å². The van der Waals surface area contributed by atoms with E-state index in [1.807, 2.05) is 13.8 Å². The highest BCUT2D eigenvalue weighted by Gasteiger charge is 2.32. The van der Waals surface area contributed by atoms with Gasteiger partial charge in [0.25, 0.3) is 0 Å². The summed E-state index contributed by atoms with van der Waals surface area (Å²) in [4.78, 5) is 25.4. The zero-order chi connectivity index (χ0) is 15.8. The highest BCUT2D eigenvalue weighted by atomic mass is 16.4. The first-order valence-electron chi connectivity index (χ1n) is 7.88. The third kappa shape index (κ3) is 5.53. The molecule has 1 aliphatic rings. The number of aliphatic hydroxyl groups is 1. The summed E-state index contributed by atoms with van der Waals surface area (Å²) < 4.78 is 0. The van der Waals surface area contributed by atoms with Gasteiger partial charge in [0, 0.05) is 19.2 Å². The van der Waals surface area contributed by atoms with Gasteiger partial charge in [-0.15, -0.1) is 0 Å². The number of hydrogen-bond acceptors (Lipinski definition) is 3. The maximum atomic E-state index is 12.3. The minimum atomic E-state index is -0.957. The molecule has 21 heavy (non-hydrogen) atoms. The lowest BCUT2D eigenvalue weighted by Crippen LogP contribution is -2.53. The van der Waals surface area contributed by atoms with Gasteiger partial charge in [-0.1, -0.05) is 19.3 Å². The Morgan fingerprint density at radius 2 is 1.86 bits per heavy atom. The second kappa shape index (κ2) is 8.87. The zero-order valence-electron chi connectivity index (χ0n) is 13.0. The van der Waals surface area contributed by atoms with Gasteiger partial charge in [0.15, 0.2) is 0 Å². The first kappa shape index (κ1) is 17.8. The summed E-state index contributed by atoms with van der Waals surface area (Å²) in [6.07, 6.45) is 5.41. The van der Waals surface area contributed by atoms with Crippen LogP contribution >= 0.6 is 0 Å². The second-order valence-corrected chi connectivity index (χ2v) is 6.03. The third-order valence-corrected chi connectivity index (χ3v) is 4.11. The van der Waals surface area contributed by atoms with Gasteiger partial charge in [0.1, 0.15) is 6.04 Å². The molecule has 1 aliphatic carbocycles. The van der Waals surface area contributed by atoms with Crippen LogP contribution in [-0.4, -0.2) is 52.3 Å². The molecule has 0 saturated heterocycles. The monoisotopic (exact) mass is 300 g/mol. The number of amides is 2. The van der Waals surface area contributed by atoms with Gasteiger partial charge in [0.05, 0.1) is 0 Å². The topological polar surface area (TPSA) is 89.9 Å². The van der Waals surface area contributed by atoms with E-state index in [0.29, 0.717) is 13.0 Å². The van der Waals surface area contributed by atoms with Crippen molar-refractivity contribution in [3.05, 3.63) is 0 Å². The van der Waals surface area contributed by atoms with Gasteiger partial charge < -0.3 is 20.4 Å². The average Bonchev–Trinajstić information content (AvgIpc) is 2.45. The number of nitrogens with zero attached hydrogens (tertiary/aromatic N) is 1. The molecular weight excluding hydrogens is 272 g/mol. The Balaban J connectivity index is 2.67. The number of carbonyl (C=O) groups is 2. The van der Waals surface area contributed by atoms with Gasteiger partial charge >= 0.3 is 12.0 Å². The van der Waals surface area contributed by atoms with Crippen molar-refractivity contribution in [1.82, 2.24) is 10.2 Å². The summed E-state index contributed by atoms with van der Waals surface area (Å²) in [5.74, 6) is -0.937. The van der Waals surface area contributed by atoms with Gasteiger partial charge in [-0.3, -0.25) is 0 Å². The maximum absolute atomic E-state index is 12.3. The third-order valence-electron chi connectivity index (χ3n) is 4.11. The van der Waals surface area contributed by atoms with E-state index < -0.39 is 12.0 Å². The van der Waals surface area contributed by atoms with E-state index in [9.17, 15) is 14.7 Å². The minimum absolute atomic E-state index is 0.0154. The summed E-state index contributed by atoms with van der Waals surface area (Å²) in [5.41, 5.74) is 0. The van der Waals surface area contributed by atoms with E-state index in [2.05, 4.69) is 5.32 Å². The molecule has 0 spiro atoms. The molecule has 1 fully saturated rings. The molecule has 0 radical (unpaired) electrons. The lowest BCUT2D eigenvalue weighted by Gasteiger charge is -2.32. The molecular formula is C15H28N2O4. The van der Waals surface area contributed by atoms with Crippen LogP contribution < -0.4 is 5.32 Å². The van der Waals surface area contributed by atoms with E-state index in [1.54, 1.807) is 4.90 Å². The highest BCUT2D eigenvalue weighted by molar-refractivity contribution is 5.83. The van der Waals surface area contributed by atoms with Crippen molar-refractivity contribution in [2.75, 3.05) is 13.2 Å². The second-order valence-electron chi connectivity index (χ2n) is 6.03. The van der Waals surface area contributed by atoms with E-state index in [0.717, 1.165) is 32.1 Å². The summed E-state index contributed by atoms with van der Waals surface area (Å²) in [5, 5.41) is 21.0. The molecule has 0 bridgehead atoms. The number of rotatable bonds is 7. The summed E-state index contributed by atoms with van der Waals surface area (Å²) in [7, 11) is 0. The Labute approximate surface area is 126 Å². The lowest BCUT2D eigenvalue weighted by molar-refractivity contribution is -0.141. The zero-order valence-corrected chi connectivity index (χ0v) is 13.0. The standard InChI is InChI=1S/C15H28N2O4/c1-11(2)17(9-6-10-18)15(21)16-13(14(19)20)12-7-4-3-5-8-12/h11-13,18H,3-10H2,1-2H3,(H,16,21)(H,19,20). The Bertz CT molecular complexity index is 341. The number of carboxylic acid groups (broad SMARTS) is 1. The lowest BCUT2D eigenvalue weighted by atomic mass is 9.84. The Morgan fingerprint density at radius 1 is 1.24 bits per heavy atom. The molecule has 122 valence electrons. The average molecular weight is 300 g/mol. The van der Waals surface area contributed by atoms with Crippen molar-refractivity contribution in [3.63, 3.8) is 0 Å². The van der Waals surface area contributed by atoms with Crippen molar-refractivity contribution in [3.8, 4) is 0 Å². The highest BCUT2D eigenvalue weighted by Crippen LogP contribution is 2.26. The maximum Gasteiger partial charge on any atom is 0.326 e. The van der Waals surface area contributed by atoms with Crippen molar-refractivity contribution >= 4 is 12.0 Å². The van der Waals surface area contributed by atoms with Crippen LogP contribution in [0.5, 0.6) is 0 Å². The molecule has 3 N–H and O–H groups in total.